The maximum Gasteiger partial charge on any atom is 0.319 e. The quantitative estimate of drug-likeness (QED) is 0.592. The number of rotatable bonds is 7. The van der Waals surface area contributed by atoms with Crippen molar-refractivity contribution in [3.63, 3.8) is 0 Å². The summed E-state index contributed by atoms with van der Waals surface area (Å²) in [5.74, 6) is 0. The second-order valence-electron chi connectivity index (χ2n) is 6.47. The molecule has 0 bridgehead atoms. The molecule has 26 heavy (non-hydrogen) atoms. The lowest BCUT2D eigenvalue weighted by Crippen LogP contribution is -2.46. The van der Waals surface area contributed by atoms with E-state index in [4.69, 9.17) is 0 Å². The minimum Gasteiger partial charge on any atom is -0.394 e. The number of hydrogen-bond donors (Lipinski definition) is 4. The second-order valence-corrected chi connectivity index (χ2v) is 8.15. The van der Waals surface area contributed by atoms with Crippen molar-refractivity contribution in [2.75, 3.05) is 11.9 Å². The molecule has 140 valence electrons. The van der Waals surface area contributed by atoms with Crippen LogP contribution in [0.3, 0.4) is 0 Å². The standard InChI is InChI=1S/C18H23N3O4S/c1-18(2,13-22)21-26(24,25)16-10-6-9-15(11-16)20-17(23)19-12-14-7-4-3-5-8-14/h3-11,21-22H,12-13H2,1-2H3,(H2,19,20,23). The summed E-state index contributed by atoms with van der Waals surface area (Å²) < 4.78 is 27.2. The molecule has 0 unspecified atom stereocenters. The monoisotopic (exact) mass is 377 g/mol. The topological polar surface area (TPSA) is 108 Å². The van der Waals surface area contributed by atoms with E-state index in [0.717, 1.165) is 5.56 Å². The zero-order chi connectivity index (χ0) is 19.2. The largest absolute Gasteiger partial charge is 0.394 e. The number of aliphatic hydroxyl groups excluding tert-OH is 1. The highest BCUT2D eigenvalue weighted by molar-refractivity contribution is 7.89. The van der Waals surface area contributed by atoms with Crippen molar-refractivity contribution in [1.82, 2.24) is 10.0 Å². The van der Waals surface area contributed by atoms with E-state index in [0.29, 0.717) is 12.2 Å². The fourth-order valence-corrected chi connectivity index (χ4v) is 3.60. The first-order valence-electron chi connectivity index (χ1n) is 8.05. The molecule has 2 aromatic rings. The average molecular weight is 377 g/mol. The van der Waals surface area contributed by atoms with Gasteiger partial charge in [-0.05, 0) is 37.6 Å². The number of sulfonamides is 1. The number of aliphatic hydroxyl groups is 1. The molecule has 0 aliphatic heterocycles. The molecule has 7 nitrogen and oxygen atoms in total. The minimum atomic E-state index is -3.83. The van der Waals surface area contributed by atoms with Crippen LogP contribution in [0.25, 0.3) is 0 Å². The summed E-state index contributed by atoms with van der Waals surface area (Å²) >= 11 is 0. The van der Waals surface area contributed by atoms with Gasteiger partial charge in [0.1, 0.15) is 0 Å². The van der Waals surface area contributed by atoms with Gasteiger partial charge in [0.25, 0.3) is 0 Å². The molecular formula is C18H23N3O4S. The molecule has 0 atom stereocenters. The Bertz CT molecular complexity index is 852. The van der Waals surface area contributed by atoms with Crippen LogP contribution >= 0.6 is 0 Å². The van der Waals surface area contributed by atoms with E-state index < -0.39 is 21.6 Å². The summed E-state index contributed by atoms with van der Waals surface area (Å²) in [7, 11) is -3.83. The molecule has 2 rings (SSSR count). The third-order valence-corrected chi connectivity index (χ3v) is 5.20. The third kappa shape index (κ3) is 5.83. The normalized spacial score (nSPS) is 11.8. The Labute approximate surface area is 153 Å². The minimum absolute atomic E-state index is 0.000107. The van der Waals surface area contributed by atoms with E-state index in [1.807, 2.05) is 30.3 Å². The Morgan fingerprint density at radius 1 is 1.08 bits per heavy atom. The van der Waals surface area contributed by atoms with Gasteiger partial charge in [-0.1, -0.05) is 36.4 Å². The Morgan fingerprint density at radius 2 is 1.77 bits per heavy atom. The van der Waals surface area contributed by atoms with Gasteiger partial charge < -0.3 is 15.7 Å². The summed E-state index contributed by atoms with van der Waals surface area (Å²) in [6.45, 7) is 3.16. The molecule has 8 heteroatoms. The van der Waals surface area contributed by atoms with Gasteiger partial charge in [-0.15, -0.1) is 0 Å². The lowest BCUT2D eigenvalue weighted by molar-refractivity contribution is 0.208. The summed E-state index contributed by atoms with van der Waals surface area (Å²) in [5.41, 5.74) is 0.310. The molecule has 0 saturated heterocycles. The van der Waals surface area contributed by atoms with Crippen molar-refractivity contribution >= 4 is 21.7 Å². The lowest BCUT2D eigenvalue weighted by Gasteiger charge is -2.23. The van der Waals surface area contributed by atoms with Crippen LogP contribution < -0.4 is 15.4 Å². The highest BCUT2D eigenvalue weighted by atomic mass is 32.2. The van der Waals surface area contributed by atoms with Crippen molar-refractivity contribution in [3.05, 3.63) is 60.2 Å². The number of anilines is 1. The van der Waals surface area contributed by atoms with Crippen LogP contribution in [0.15, 0.2) is 59.5 Å². The van der Waals surface area contributed by atoms with Gasteiger partial charge >= 0.3 is 6.03 Å². The van der Waals surface area contributed by atoms with E-state index in [1.54, 1.807) is 19.9 Å². The Kier molecular flexibility index (Phi) is 6.36. The predicted octanol–water partition coefficient (Wildman–Crippen LogP) is 2.06. The first kappa shape index (κ1) is 19.9. The summed E-state index contributed by atoms with van der Waals surface area (Å²) in [5, 5.41) is 14.6. The van der Waals surface area contributed by atoms with Crippen LogP contribution in [-0.4, -0.2) is 31.7 Å². The number of carbonyl (C=O) groups is 1. The zero-order valence-electron chi connectivity index (χ0n) is 14.7. The van der Waals surface area contributed by atoms with Crippen LogP contribution in [0.1, 0.15) is 19.4 Å². The van der Waals surface area contributed by atoms with Crippen LogP contribution in [0.4, 0.5) is 10.5 Å². The Hall–Kier alpha value is -2.42. The van der Waals surface area contributed by atoms with Gasteiger partial charge in [-0.3, -0.25) is 0 Å². The highest BCUT2D eigenvalue weighted by Crippen LogP contribution is 2.17. The number of amides is 2. The molecule has 0 saturated carbocycles. The predicted molar refractivity (Wildman–Crippen MR) is 100 cm³/mol. The molecule has 0 spiro atoms. The first-order chi connectivity index (χ1) is 12.2. The molecule has 0 heterocycles. The molecule has 0 aliphatic carbocycles. The summed E-state index contributed by atoms with van der Waals surface area (Å²) in [6.07, 6.45) is 0. The van der Waals surface area contributed by atoms with Crippen LogP contribution in [0.2, 0.25) is 0 Å². The number of carbonyl (C=O) groups excluding carboxylic acids is 1. The SMILES string of the molecule is CC(C)(CO)NS(=O)(=O)c1cccc(NC(=O)NCc2ccccc2)c1. The maximum absolute atomic E-state index is 12.4. The van der Waals surface area contributed by atoms with Gasteiger partial charge in [-0.2, -0.15) is 0 Å². The smallest absolute Gasteiger partial charge is 0.319 e. The van der Waals surface area contributed by atoms with Gasteiger partial charge in [0.05, 0.1) is 17.0 Å². The molecule has 2 amide bonds. The number of hydrogen-bond acceptors (Lipinski definition) is 4. The summed E-state index contributed by atoms with van der Waals surface area (Å²) in [4.78, 5) is 12.0. The molecule has 2 aromatic carbocycles. The van der Waals surface area contributed by atoms with E-state index in [1.165, 1.54) is 18.2 Å². The fourth-order valence-electron chi connectivity index (χ4n) is 2.15. The number of urea groups is 1. The molecule has 0 aromatic heterocycles. The van der Waals surface area contributed by atoms with Crippen LogP contribution in [0.5, 0.6) is 0 Å². The van der Waals surface area contributed by atoms with E-state index in [2.05, 4.69) is 15.4 Å². The van der Waals surface area contributed by atoms with Gasteiger partial charge in [0.15, 0.2) is 0 Å². The van der Waals surface area contributed by atoms with Crippen molar-refractivity contribution in [2.45, 2.75) is 30.8 Å². The molecule has 0 aliphatic rings. The molecule has 0 fully saturated rings. The van der Waals surface area contributed by atoms with Crippen molar-refractivity contribution in [1.29, 1.82) is 0 Å². The Balaban J connectivity index is 2.03. The van der Waals surface area contributed by atoms with Gasteiger partial charge in [0.2, 0.25) is 10.0 Å². The van der Waals surface area contributed by atoms with Crippen LogP contribution in [0, 0.1) is 0 Å². The van der Waals surface area contributed by atoms with Crippen molar-refractivity contribution < 1.29 is 18.3 Å². The third-order valence-electron chi connectivity index (χ3n) is 3.50. The van der Waals surface area contributed by atoms with E-state index in [9.17, 15) is 18.3 Å². The molecule has 4 N–H and O–H groups in total. The first-order valence-corrected chi connectivity index (χ1v) is 9.54. The van der Waals surface area contributed by atoms with Crippen LogP contribution in [-0.2, 0) is 16.6 Å². The average Bonchev–Trinajstić information content (AvgIpc) is 2.60. The van der Waals surface area contributed by atoms with Gasteiger partial charge in [0, 0.05) is 12.2 Å². The second kappa shape index (κ2) is 8.31. The van der Waals surface area contributed by atoms with Crippen molar-refractivity contribution in [3.8, 4) is 0 Å². The summed E-state index contributed by atoms with van der Waals surface area (Å²) in [6, 6.07) is 14.9. The fraction of sp³-hybridized carbons (Fsp3) is 0.278. The Morgan fingerprint density at radius 3 is 2.42 bits per heavy atom. The van der Waals surface area contributed by atoms with E-state index in [-0.39, 0.29) is 11.5 Å². The maximum atomic E-state index is 12.4. The van der Waals surface area contributed by atoms with Gasteiger partial charge in [-0.25, -0.2) is 17.9 Å². The van der Waals surface area contributed by atoms with Crippen molar-refractivity contribution in [2.24, 2.45) is 0 Å². The number of nitrogens with one attached hydrogen (secondary N) is 3. The zero-order valence-corrected chi connectivity index (χ0v) is 15.5. The van der Waals surface area contributed by atoms with E-state index >= 15 is 0 Å². The number of benzene rings is 2. The highest BCUT2D eigenvalue weighted by Gasteiger charge is 2.25. The lowest BCUT2D eigenvalue weighted by atomic mass is 10.1. The molecule has 0 radical (unpaired) electrons. The molecular weight excluding hydrogens is 354 g/mol.